The van der Waals surface area contributed by atoms with Crippen LogP contribution in [0.4, 0.5) is 5.69 Å². The Morgan fingerprint density at radius 1 is 1.09 bits per heavy atom. The van der Waals surface area contributed by atoms with E-state index in [1.54, 1.807) is 0 Å². The standard InChI is InChI=1S/C19H19NO2/c1-3-12-9-10-13(4-2)15(11-12)18(21)19-17(20)14-7-5-6-8-16(14)22-19/h5-11H,3-4,20H2,1-2H3. The molecule has 3 heteroatoms. The van der Waals surface area contributed by atoms with Gasteiger partial charge in [-0.3, -0.25) is 4.79 Å². The molecule has 0 radical (unpaired) electrons. The Morgan fingerprint density at radius 2 is 1.86 bits per heavy atom. The molecule has 1 heterocycles. The predicted molar refractivity (Wildman–Crippen MR) is 89.3 cm³/mol. The average Bonchev–Trinajstić information content (AvgIpc) is 2.91. The Kier molecular flexibility index (Phi) is 3.72. The van der Waals surface area contributed by atoms with Crippen molar-refractivity contribution in [3.05, 3.63) is 64.9 Å². The van der Waals surface area contributed by atoms with Crippen molar-refractivity contribution in [3.8, 4) is 0 Å². The van der Waals surface area contributed by atoms with Crippen molar-refractivity contribution in [2.24, 2.45) is 0 Å². The van der Waals surface area contributed by atoms with Gasteiger partial charge in [-0.25, -0.2) is 0 Å². The summed E-state index contributed by atoms with van der Waals surface area (Å²) in [4.78, 5) is 12.9. The first-order chi connectivity index (χ1) is 10.7. The molecule has 3 aromatic rings. The average molecular weight is 293 g/mol. The molecular formula is C19H19NO2. The molecule has 0 saturated heterocycles. The van der Waals surface area contributed by atoms with Crippen LogP contribution in [0.3, 0.4) is 0 Å². The van der Waals surface area contributed by atoms with Crippen LogP contribution in [0.15, 0.2) is 46.9 Å². The number of rotatable bonds is 4. The molecule has 0 aliphatic rings. The van der Waals surface area contributed by atoms with E-state index >= 15 is 0 Å². The molecule has 0 saturated carbocycles. The zero-order chi connectivity index (χ0) is 15.7. The van der Waals surface area contributed by atoms with Gasteiger partial charge in [0.2, 0.25) is 5.78 Å². The lowest BCUT2D eigenvalue weighted by molar-refractivity contribution is 0.101. The molecule has 0 atom stereocenters. The van der Waals surface area contributed by atoms with E-state index in [1.807, 2.05) is 43.3 Å². The summed E-state index contributed by atoms with van der Waals surface area (Å²) in [5.74, 6) is 0.102. The van der Waals surface area contributed by atoms with Gasteiger partial charge in [0.15, 0.2) is 5.76 Å². The van der Waals surface area contributed by atoms with Gasteiger partial charge in [0, 0.05) is 10.9 Å². The number of nitrogen functional groups attached to an aromatic ring is 1. The molecule has 22 heavy (non-hydrogen) atoms. The second-order valence-electron chi connectivity index (χ2n) is 5.37. The highest BCUT2D eigenvalue weighted by molar-refractivity contribution is 6.15. The third kappa shape index (κ3) is 2.29. The van der Waals surface area contributed by atoms with Crippen LogP contribution in [0.2, 0.25) is 0 Å². The number of hydrogen-bond acceptors (Lipinski definition) is 3. The molecule has 3 rings (SSSR count). The summed E-state index contributed by atoms with van der Waals surface area (Å²) >= 11 is 0. The topological polar surface area (TPSA) is 56.2 Å². The highest BCUT2D eigenvalue weighted by Gasteiger charge is 2.22. The van der Waals surface area contributed by atoms with Gasteiger partial charge in [-0.1, -0.05) is 38.1 Å². The van der Waals surface area contributed by atoms with Gasteiger partial charge in [-0.2, -0.15) is 0 Å². The fourth-order valence-electron chi connectivity index (χ4n) is 2.72. The van der Waals surface area contributed by atoms with Crippen LogP contribution in [0, 0.1) is 0 Å². The maximum absolute atomic E-state index is 12.9. The molecule has 0 bridgehead atoms. The molecule has 0 amide bonds. The van der Waals surface area contributed by atoms with Gasteiger partial charge >= 0.3 is 0 Å². The maximum Gasteiger partial charge on any atom is 0.230 e. The van der Waals surface area contributed by atoms with Crippen LogP contribution in [-0.4, -0.2) is 5.78 Å². The molecule has 0 fully saturated rings. The second kappa shape index (κ2) is 5.68. The van der Waals surface area contributed by atoms with E-state index in [9.17, 15) is 4.79 Å². The van der Waals surface area contributed by atoms with Crippen molar-refractivity contribution in [3.63, 3.8) is 0 Å². The van der Waals surface area contributed by atoms with Crippen molar-refractivity contribution in [2.75, 3.05) is 5.73 Å². The first-order valence-electron chi connectivity index (χ1n) is 7.59. The summed E-state index contributed by atoms with van der Waals surface area (Å²) in [6, 6.07) is 13.5. The van der Waals surface area contributed by atoms with Crippen LogP contribution in [0.25, 0.3) is 11.0 Å². The van der Waals surface area contributed by atoms with E-state index in [0.717, 1.165) is 29.4 Å². The van der Waals surface area contributed by atoms with Crippen LogP contribution < -0.4 is 5.73 Å². The summed E-state index contributed by atoms with van der Waals surface area (Å²) in [6.07, 6.45) is 1.69. The molecule has 0 spiro atoms. The number of benzene rings is 2. The van der Waals surface area contributed by atoms with E-state index in [1.165, 1.54) is 0 Å². The van der Waals surface area contributed by atoms with Gasteiger partial charge < -0.3 is 10.2 Å². The summed E-state index contributed by atoms with van der Waals surface area (Å²) in [7, 11) is 0. The number of carbonyl (C=O) groups excluding carboxylic acids is 1. The molecule has 112 valence electrons. The minimum atomic E-state index is -0.138. The van der Waals surface area contributed by atoms with E-state index in [2.05, 4.69) is 13.0 Å². The Hall–Kier alpha value is -2.55. The normalized spacial score (nSPS) is 11.0. The van der Waals surface area contributed by atoms with Crippen LogP contribution in [-0.2, 0) is 12.8 Å². The largest absolute Gasteiger partial charge is 0.450 e. The molecule has 2 N–H and O–H groups in total. The van der Waals surface area contributed by atoms with E-state index in [-0.39, 0.29) is 11.5 Å². The SMILES string of the molecule is CCc1ccc(CC)c(C(=O)c2oc3ccccc3c2N)c1. The smallest absolute Gasteiger partial charge is 0.230 e. The number of nitrogens with two attached hydrogens (primary N) is 1. The first kappa shape index (κ1) is 14.4. The van der Waals surface area contributed by atoms with E-state index < -0.39 is 0 Å². The van der Waals surface area contributed by atoms with Crippen molar-refractivity contribution >= 4 is 22.4 Å². The quantitative estimate of drug-likeness (QED) is 0.727. The lowest BCUT2D eigenvalue weighted by Crippen LogP contribution is -2.07. The number of para-hydroxylation sites is 1. The third-order valence-electron chi connectivity index (χ3n) is 4.05. The van der Waals surface area contributed by atoms with Crippen molar-refractivity contribution in [1.82, 2.24) is 0 Å². The maximum atomic E-state index is 12.9. The Bertz CT molecular complexity index is 846. The number of anilines is 1. The lowest BCUT2D eigenvalue weighted by atomic mass is 9.96. The van der Waals surface area contributed by atoms with Crippen molar-refractivity contribution in [1.29, 1.82) is 0 Å². The fourth-order valence-corrected chi connectivity index (χ4v) is 2.72. The first-order valence-corrected chi connectivity index (χ1v) is 7.59. The minimum absolute atomic E-state index is 0.138. The Labute approximate surface area is 129 Å². The highest BCUT2D eigenvalue weighted by Crippen LogP contribution is 2.30. The minimum Gasteiger partial charge on any atom is -0.450 e. The summed E-state index contributed by atoms with van der Waals surface area (Å²) in [6.45, 7) is 4.12. The third-order valence-corrected chi connectivity index (χ3v) is 4.05. The van der Waals surface area contributed by atoms with Crippen molar-refractivity contribution in [2.45, 2.75) is 26.7 Å². The van der Waals surface area contributed by atoms with Gasteiger partial charge in [-0.15, -0.1) is 0 Å². The lowest BCUT2D eigenvalue weighted by Gasteiger charge is -2.08. The number of aryl methyl sites for hydroxylation is 2. The second-order valence-corrected chi connectivity index (χ2v) is 5.37. The van der Waals surface area contributed by atoms with Crippen LogP contribution in [0.5, 0.6) is 0 Å². The highest BCUT2D eigenvalue weighted by atomic mass is 16.3. The molecular weight excluding hydrogens is 274 g/mol. The van der Waals surface area contributed by atoms with Gasteiger partial charge in [-0.05, 0) is 42.2 Å². The monoisotopic (exact) mass is 293 g/mol. The van der Waals surface area contributed by atoms with Crippen molar-refractivity contribution < 1.29 is 9.21 Å². The Morgan fingerprint density at radius 3 is 2.55 bits per heavy atom. The van der Waals surface area contributed by atoms with Crippen LogP contribution in [0.1, 0.15) is 41.1 Å². The number of hydrogen-bond donors (Lipinski definition) is 1. The summed E-state index contributed by atoms with van der Waals surface area (Å²) in [5, 5.41) is 0.788. The number of furan rings is 1. The molecule has 0 aliphatic heterocycles. The number of carbonyl (C=O) groups is 1. The van der Waals surface area contributed by atoms with E-state index in [0.29, 0.717) is 16.8 Å². The molecule has 1 aromatic heterocycles. The predicted octanol–water partition coefficient (Wildman–Crippen LogP) is 4.37. The zero-order valence-electron chi connectivity index (χ0n) is 12.8. The van der Waals surface area contributed by atoms with Gasteiger partial charge in [0.25, 0.3) is 0 Å². The zero-order valence-corrected chi connectivity index (χ0v) is 12.8. The van der Waals surface area contributed by atoms with E-state index in [4.69, 9.17) is 10.2 Å². The van der Waals surface area contributed by atoms with Gasteiger partial charge in [0.05, 0.1) is 5.69 Å². The number of fused-ring (bicyclic) bond motifs is 1. The Balaban J connectivity index is 2.15. The summed E-state index contributed by atoms with van der Waals surface area (Å²) < 4.78 is 5.71. The van der Waals surface area contributed by atoms with Gasteiger partial charge in [0.1, 0.15) is 5.58 Å². The fraction of sp³-hybridized carbons (Fsp3) is 0.211. The van der Waals surface area contributed by atoms with Crippen LogP contribution >= 0.6 is 0 Å². The molecule has 0 aliphatic carbocycles. The number of ketones is 1. The molecule has 0 unspecified atom stereocenters. The molecule has 3 nitrogen and oxygen atoms in total. The molecule has 2 aromatic carbocycles. The summed E-state index contributed by atoms with van der Waals surface area (Å²) in [5.41, 5.74) is 10.0.